The van der Waals surface area contributed by atoms with Gasteiger partial charge in [0, 0.05) is 31.4 Å². The summed E-state index contributed by atoms with van der Waals surface area (Å²) >= 11 is 0. The first-order valence-corrected chi connectivity index (χ1v) is 6.49. The normalized spacial score (nSPS) is 21.2. The van der Waals surface area contributed by atoms with Crippen molar-refractivity contribution in [2.75, 3.05) is 19.8 Å². The van der Waals surface area contributed by atoms with Gasteiger partial charge in [-0.1, -0.05) is 0 Å². The largest absolute Gasteiger partial charge is 0.381 e. The summed E-state index contributed by atoms with van der Waals surface area (Å²) in [5.74, 6) is 1.53. The zero-order valence-corrected chi connectivity index (χ0v) is 10.3. The lowest BCUT2D eigenvalue weighted by Crippen LogP contribution is -2.27. The molecule has 1 saturated heterocycles. The molecule has 0 aromatic carbocycles. The minimum Gasteiger partial charge on any atom is -0.381 e. The van der Waals surface area contributed by atoms with Crippen molar-refractivity contribution in [2.24, 2.45) is 0 Å². The molecule has 0 radical (unpaired) electrons. The minimum atomic E-state index is 0.495. The summed E-state index contributed by atoms with van der Waals surface area (Å²) in [6, 6.07) is 0. The van der Waals surface area contributed by atoms with Crippen molar-refractivity contribution in [1.29, 1.82) is 0 Å². The van der Waals surface area contributed by atoms with Gasteiger partial charge >= 0.3 is 0 Å². The molecular formula is C13H19N3O. The number of aryl methyl sites for hydroxylation is 1. The first kappa shape index (κ1) is 11.1. The number of hydrogen-bond acceptors (Lipinski definition) is 4. The SMILES string of the molecule is Cc1nc(C2CCOCC2)nc2c1CCNC2. The number of nitrogens with one attached hydrogen (secondary N) is 1. The smallest absolute Gasteiger partial charge is 0.132 e. The maximum atomic E-state index is 5.40. The van der Waals surface area contributed by atoms with Crippen LogP contribution in [0.1, 0.15) is 41.5 Å². The molecule has 1 fully saturated rings. The van der Waals surface area contributed by atoms with E-state index in [1.807, 2.05) is 0 Å². The molecule has 3 heterocycles. The topological polar surface area (TPSA) is 47.0 Å². The third-order valence-electron chi connectivity index (χ3n) is 3.75. The molecule has 2 aliphatic heterocycles. The van der Waals surface area contributed by atoms with Crippen LogP contribution in [0, 0.1) is 6.92 Å². The quantitative estimate of drug-likeness (QED) is 0.795. The van der Waals surface area contributed by atoms with E-state index in [9.17, 15) is 0 Å². The molecule has 17 heavy (non-hydrogen) atoms. The van der Waals surface area contributed by atoms with Crippen LogP contribution in [0.2, 0.25) is 0 Å². The number of nitrogens with zero attached hydrogens (tertiary/aromatic N) is 2. The van der Waals surface area contributed by atoms with Gasteiger partial charge in [-0.05, 0) is 38.3 Å². The summed E-state index contributed by atoms with van der Waals surface area (Å²) in [5.41, 5.74) is 3.75. The van der Waals surface area contributed by atoms with E-state index in [-0.39, 0.29) is 0 Å². The van der Waals surface area contributed by atoms with Crippen LogP contribution in [-0.4, -0.2) is 29.7 Å². The maximum absolute atomic E-state index is 5.40. The zero-order valence-electron chi connectivity index (χ0n) is 10.3. The molecule has 0 amide bonds. The predicted molar refractivity (Wildman–Crippen MR) is 65.0 cm³/mol. The number of aromatic nitrogens is 2. The van der Waals surface area contributed by atoms with Crippen LogP contribution < -0.4 is 5.32 Å². The second-order valence-electron chi connectivity index (χ2n) is 4.91. The lowest BCUT2D eigenvalue weighted by Gasteiger charge is -2.24. The highest BCUT2D eigenvalue weighted by atomic mass is 16.5. The van der Waals surface area contributed by atoms with Gasteiger partial charge in [-0.3, -0.25) is 0 Å². The van der Waals surface area contributed by atoms with E-state index in [0.717, 1.165) is 51.4 Å². The molecule has 1 aromatic rings. The number of fused-ring (bicyclic) bond motifs is 1. The molecular weight excluding hydrogens is 214 g/mol. The van der Waals surface area contributed by atoms with Crippen LogP contribution in [0.4, 0.5) is 0 Å². The van der Waals surface area contributed by atoms with Crippen molar-refractivity contribution < 1.29 is 4.74 Å². The van der Waals surface area contributed by atoms with Gasteiger partial charge in [-0.2, -0.15) is 0 Å². The molecule has 1 N–H and O–H groups in total. The molecule has 1 aromatic heterocycles. The third-order valence-corrected chi connectivity index (χ3v) is 3.75. The van der Waals surface area contributed by atoms with Crippen molar-refractivity contribution in [1.82, 2.24) is 15.3 Å². The lowest BCUT2D eigenvalue weighted by molar-refractivity contribution is 0.0834. The molecule has 4 heteroatoms. The van der Waals surface area contributed by atoms with Crippen molar-refractivity contribution >= 4 is 0 Å². The Bertz CT molecular complexity index is 413. The van der Waals surface area contributed by atoms with Gasteiger partial charge in [0.15, 0.2) is 0 Å². The Kier molecular flexibility index (Phi) is 3.07. The van der Waals surface area contributed by atoms with E-state index in [1.54, 1.807) is 0 Å². The fourth-order valence-corrected chi connectivity index (χ4v) is 2.71. The Labute approximate surface area is 102 Å². The molecule has 0 unspecified atom stereocenters. The standard InChI is InChI=1S/C13H19N3O/c1-9-11-2-5-14-8-12(11)16-13(15-9)10-3-6-17-7-4-10/h10,14H,2-8H2,1H3. The molecule has 92 valence electrons. The Balaban J connectivity index is 1.92. The van der Waals surface area contributed by atoms with Crippen LogP contribution >= 0.6 is 0 Å². The molecule has 0 aliphatic carbocycles. The van der Waals surface area contributed by atoms with Gasteiger partial charge in [-0.15, -0.1) is 0 Å². The van der Waals surface area contributed by atoms with Gasteiger partial charge in [0.1, 0.15) is 5.82 Å². The monoisotopic (exact) mass is 233 g/mol. The number of hydrogen-bond donors (Lipinski definition) is 1. The van der Waals surface area contributed by atoms with E-state index in [2.05, 4.69) is 12.2 Å². The van der Waals surface area contributed by atoms with E-state index >= 15 is 0 Å². The van der Waals surface area contributed by atoms with Crippen molar-refractivity contribution in [2.45, 2.75) is 38.6 Å². The maximum Gasteiger partial charge on any atom is 0.132 e. The second kappa shape index (κ2) is 4.70. The van der Waals surface area contributed by atoms with E-state index < -0.39 is 0 Å². The molecule has 0 bridgehead atoms. The Morgan fingerprint density at radius 1 is 1.24 bits per heavy atom. The average Bonchev–Trinajstić information content (AvgIpc) is 2.40. The number of rotatable bonds is 1. The molecule has 3 rings (SSSR count). The van der Waals surface area contributed by atoms with Crippen LogP contribution in [0.15, 0.2) is 0 Å². The zero-order chi connectivity index (χ0) is 11.7. The van der Waals surface area contributed by atoms with E-state index in [0.29, 0.717) is 5.92 Å². The fraction of sp³-hybridized carbons (Fsp3) is 0.692. The Morgan fingerprint density at radius 2 is 2.06 bits per heavy atom. The highest BCUT2D eigenvalue weighted by Gasteiger charge is 2.22. The van der Waals surface area contributed by atoms with E-state index in [1.165, 1.54) is 17.0 Å². The third kappa shape index (κ3) is 2.19. The molecule has 0 saturated carbocycles. The first-order chi connectivity index (χ1) is 8.34. The van der Waals surface area contributed by atoms with Gasteiger partial charge in [0.05, 0.1) is 5.69 Å². The fourth-order valence-electron chi connectivity index (χ4n) is 2.71. The van der Waals surface area contributed by atoms with Crippen molar-refractivity contribution in [3.05, 3.63) is 22.8 Å². The van der Waals surface area contributed by atoms with Gasteiger partial charge in [0.25, 0.3) is 0 Å². The summed E-state index contributed by atoms with van der Waals surface area (Å²) in [6.45, 7) is 5.77. The average molecular weight is 233 g/mol. The summed E-state index contributed by atoms with van der Waals surface area (Å²) < 4.78 is 5.40. The van der Waals surface area contributed by atoms with Gasteiger partial charge in [0.2, 0.25) is 0 Å². The summed E-state index contributed by atoms with van der Waals surface area (Å²) in [7, 11) is 0. The highest BCUT2D eigenvalue weighted by molar-refractivity contribution is 5.28. The van der Waals surface area contributed by atoms with Crippen LogP contribution in [0.5, 0.6) is 0 Å². The van der Waals surface area contributed by atoms with Crippen LogP contribution in [-0.2, 0) is 17.7 Å². The minimum absolute atomic E-state index is 0.495. The summed E-state index contributed by atoms with van der Waals surface area (Å²) in [4.78, 5) is 9.48. The second-order valence-corrected chi connectivity index (χ2v) is 4.91. The first-order valence-electron chi connectivity index (χ1n) is 6.49. The van der Waals surface area contributed by atoms with Crippen LogP contribution in [0.25, 0.3) is 0 Å². The van der Waals surface area contributed by atoms with Gasteiger partial charge in [-0.25, -0.2) is 9.97 Å². The van der Waals surface area contributed by atoms with Crippen molar-refractivity contribution in [3.63, 3.8) is 0 Å². The van der Waals surface area contributed by atoms with E-state index in [4.69, 9.17) is 14.7 Å². The van der Waals surface area contributed by atoms with Crippen LogP contribution in [0.3, 0.4) is 0 Å². The molecule has 0 atom stereocenters. The summed E-state index contributed by atoms with van der Waals surface area (Å²) in [6.07, 6.45) is 3.19. The van der Waals surface area contributed by atoms with Crippen molar-refractivity contribution in [3.8, 4) is 0 Å². The highest BCUT2D eigenvalue weighted by Crippen LogP contribution is 2.26. The molecule has 2 aliphatic rings. The van der Waals surface area contributed by atoms with Gasteiger partial charge < -0.3 is 10.1 Å². The molecule has 0 spiro atoms. The molecule has 4 nitrogen and oxygen atoms in total. The lowest BCUT2D eigenvalue weighted by atomic mass is 9.97. The Hall–Kier alpha value is -1.00. The summed E-state index contributed by atoms with van der Waals surface area (Å²) in [5, 5.41) is 3.38. The predicted octanol–water partition coefficient (Wildman–Crippen LogP) is 1.32. The number of ether oxygens (including phenoxy) is 1. The Morgan fingerprint density at radius 3 is 2.88 bits per heavy atom.